The summed E-state index contributed by atoms with van der Waals surface area (Å²) in [5.41, 5.74) is 3.89. The number of carbonyl (C=O) groups excluding carboxylic acids is 1. The number of amides is 1. The highest BCUT2D eigenvalue weighted by Gasteiger charge is 2.17. The van der Waals surface area contributed by atoms with Crippen molar-refractivity contribution >= 4 is 16.8 Å². The molecular formula is C18H24N2O3. The number of hydrogen-bond acceptors (Lipinski definition) is 4. The summed E-state index contributed by atoms with van der Waals surface area (Å²) in [5.74, 6) is -0.0145. The van der Waals surface area contributed by atoms with E-state index in [0.717, 1.165) is 27.7 Å². The van der Waals surface area contributed by atoms with Gasteiger partial charge in [-0.05, 0) is 31.0 Å². The van der Waals surface area contributed by atoms with Crippen LogP contribution in [0.1, 0.15) is 16.8 Å². The van der Waals surface area contributed by atoms with E-state index >= 15 is 0 Å². The minimum Gasteiger partial charge on any atom is -0.395 e. The van der Waals surface area contributed by atoms with Gasteiger partial charge >= 0.3 is 0 Å². The highest BCUT2D eigenvalue weighted by Crippen LogP contribution is 2.23. The van der Waals surface area contributed by atoms with Crippen molar-refractivity contribution < 1.29 is 14.6 Å². The van der Waals surface area contributed by atoms with Crippen molar-refractivity contribution in [1.82, 2.24) is 9.88 Å². The van der Waals surface area contributed by atoms with Gasteiger partial charge in [0, 0.05) is 31.3 Å². The van der Waals surface area contributed by atoms with Crippen molar-refractivity contribution in [2.24, 2.45) is 0 Å². The van der Waals surface area contributed by atoms with Gasteiger partial charge in [0.15, 0.2) is 0 Å². The summed E-state index contributed by atoms with van der Waals surface area (Å²) in [6, 6.07) is 7.96. The number of para-hydroxylation sites is 1. The van der Waals surface area contributed by atoms with Gasteiger partial charge in [-0.2, -0.15) is 0 Å². The molecule has 5 heteroatoms. The number of benzene rings is 1. The topological polar surface area (TPSA) is 62.7 Å². The third-order valence-electron chi connectivity index (χ3n) is 4.10. The Hall–Kier alpha value is -1.98. The fraction of sp³-hybridized carbons (Fsp3) is 0.444. The van der Waals surface area contributed by atoms with Crippen LogP contribution in [0.15, 0.2) is 24.3 Å². The van der Waals surface area contributed by atoms with Gasteiger partial charge in [-0.3, -0.25) is 9.78 Å². The van der Waals surface area contributed by atoms with Gasteiger partial charge < -0.3 is 14.7 Å². The van der Waals surface area contributed by atoms with Crippen LogP contribution in [0.5, 0.6) is 0 Å². The van der Waals surface area contributed by atoms with Crippen molar-refractivity contribution in [3.05, 3.63) is 41.1 Å². The monoisotopic (exact) mass is 316 g/mol. The number of aromatic nitrogens is 1. The molecule has 124 valence electrons. The van der Waals surface area contributed by atoms with E-state index in [4.69, 9.17) is 9.84 Å². The molecule has 0 saturated carbocycles. The molecule has 0 atom stereocenters. The molecule has 0 unspecified atom stereocenters. The highest BCUT2D eigenvalue weighted by molar-refractivity contribution is 5.86. The molecule has 0 aliphatic carbocycles. The van der Waals surface area contributed by atoms with Crippen molar-refractivity contribution in [2.75, 3.05) is 33.4 Å². The van der Waals surface area contributed by atoms with Crippen LogP contribution in [0, 0.1) is 13.8 Å². The minimum atomic E-state index is -0.0522. The maximum Gasteiger partial charge on any atom is 0.227 e. The van der Waals surface area contributed by atoms with Crippen LogP contribution < -0.4 is 0 Å². The van der Waals surface area contributed by atoms with E-state index < -0.39 is 0 Å². The van der Waals surface area contributed by atoms with Crippen LogP contribution in [0.4, 0.5) is 0 Å². The number of pyridine rings is 1. The van der Waals surface area contributed by atoms with Crippen LogP contribution in [0.2, 0.25) is 0 Å². The Morgan fingerprint density at radius 3 is 2.70 bits per heavy atom. The second-order valence-corrected chi connectivity index (χ2v) is 5.59. The van der Waals surface area contributed by atoms with Gasteiger partial charge in [-0.1, -0.05) is 18.2 Å². The Labute approximate surface area is 136 Å². The van der Waals surface area contributed by atoms with Crippen LogP contribution in [0.3, 0.4) is 0 Å². The maximum absolute atomic E-state index is 12.6. The average Bonchev–Trinajstić information content (AvgIpc) is 2.55. The Bertz CT molecular complexity index is 685. The molecule has 5 nitrogen and oxygen atoms in total. The quantitative estimate of drug-likeness (QED) is 0.847. The number of nitrogens with zero attached hydrogens (tertiary/aromatic N) is 2. The third kappa shape index (κ3) is 4.06. The Balaban J connectivity index is 2.27. The number of aliphatic hydroxyl groups excluding tert-OH is 1. The maximum atomic E-state index is 12.6. The van der Waals surface area contributed by atoms with Gasteiger partial charge in [0.1, 0.15) is 0 Å². The first-order chi connectivity index (χ1) is 11.1. The fourth-order valence-electron chi connectivity index (χ4n) is 2.78. The van der Waals surface area contributed by atoms with Gasteiger partial charge in [0.2, 0.25) is 5.91 Å². The second kappa shape index (κ2) is 8.04. The molecule has 0 aliphatic rings. The molecule has 1 aromatic heterocycles. The zero-order chi connectivity index (χ0) is 16.8. The summed E-state index contributed by atoms with van der Waals surface area (Å²) in [5, 5.41) is 10.2. The van der Waals surface area contributed by atoms with Gasteiger partial charge in [-0.25, -0.2) is 0 Å². The third-order valence-corrected chi connectivity index (χ3v) is 4.10. The SMILES string of the molecule is COCCN(CCO)C(=O)Cc1c(C)nc2ccccc2c1C. The smallest absolute Gasteiger partial charge is 0.227 e. The molecule has 0 aliphatic heterocycles. The highest BCUT2D eigenvalue weighted by atomic mass is 16.5. The Kier molecular flexibility index (Phi) is 6.07. The summed E-state index contributed by atoms with van der Waals surface area (Å²) >= 11 is 0. The van der Waals surface area contributed by atoms with Gasteiger partial charge in [-0.15, -0.1) is 0 Å². The molecule has 2 aromatic rings. The number of methoxy groups -OCH3 is 1. The first-order valence-electron chi connectivity index (χ1n) is 7.81. The lowest BCUT2D eigenvalue weighted by molar-refractivity contribution is -0.131. The number of fused-ring (bicyclic) bond motifs is 1. The lowest BCUT2D eigenvalue weighted by atomic mass is 9.99. The van der Waals surface area contributed by atoms with E-state index in [2.05, 4.69) is 4.98 Å². The molecule has 23 heavy (non-hydrogen) atoms. The standard InChI is InChI=1S/C18H24N2O3/c1-13-15-6-4-5-7-17(15)19-14(2)16(13)12-18(22)20(8-10-21)9-11-23-3/h4-7,21H,8-12H2,1-3H3. The zero-order valence-corrected chi connectivity index (χ0v) is 14.0. The first kappa shape index (κ1) is 17.4. The van der Waals surface area contributed by atoms with Crippen molar-refractivity contribution in [3.8, 4) is 0 Å². The molecular weight excluding hydrogens is 292 g/mol. The summed E-state index contributed by atoms with van der Waals surface area (Å²) in [6.45, 7) is 5.18. The van der Waals surface area contributed by atoms with Crippen LogP contribution in [-0.4, -0.2) is 54.3 Å². The summed E-state index contributed by atoms with van der Waals surface area (Å²) in [7, 11) is 1.60. The number of rotatable bonds is 7. The predicted molar refractivity (Wildman–Crippen MR) is 90.5 cm³/mol. The molecule has 0 spiro atoms. The summed E-state index contributed by atoms with van der Waals surface area (Å²) in [4.78, 5) is 18.8. The Morgan fingerprint density at radius 1 is 1.26 bits per heavy atom. The fourth-order valence-corrected chi connectivity index (χ4v) is 2.78. The average molecular weight is 316 g/mol. The number of aryl methyl sites for hydroxylation is 2. The lowest BCUT2D eigenvalue weighted by Gasteiger charge is -2.22. The number of aliphatic hydroxyl groups is 1. The molecule has 1 N–H and O–H groups in total. The second-order valence-electron chi connectivity index (χ2n) is 5.59. The summed E-state index contributed by atoms with van der Waals surface area (Å²) in [6.07, 6.45) is 0.291. The first-order valence-corrected chi connectivity index (χ1v) is 7.81. The van der Waals surface area contributed by atoms with Crippen molar-refractivity contribution in [2.45, 2.75) is 20.3 Å². The number of ether oxygens (including phenoxy) is 1. The largest absolute Gasteiger partial charge is 0.395 e. The van der Waals surface area contributed by atoms with Crippen LogP contribution in [0.25, 0.3) is 10.9 Å². The molecule has 0 radical (unpaired) electrons. The number of carbonyl (C=O) groups is 1. The van der Waals surface area contributed by atoms with E-state index in [0.29, 0.717) is 26.1 Å². The van der Waals surface area contributed by atoms with E-state index in [-0.39, 0.29) is 12.5 Å². The molecule has 0 fully saturated rings. The van der Waals surface area contributed by atoms with E-state index in [1.165, 1.54) is 0 Å². The molecule has 1 heterocycles. The van der Waals surface area contributed by atoms with Crippen molar-refractivity contribution in [1.29, 1.82) is 0 Å². The number of hydrogen-bond donors (Lipinski definition) is 1. The van der Waals surface area contributed by atoms with Crippen molar-refractivity contribution in [3.63, 3.8) is 0 Å². The van der Waals surface area contributed by atoms with E-state index in [1.54, 1.807) is 12.0 Å². The van der Waals surface area contributed by atoms with Crippen LogP contribution in [-0.2, 0) is 16.0 Å². The zero-order valence-electron chi connectivity index (χ0n) is 14.0. The van der Waals surface area contributed by atoms with E-state index in [9.17, 15) is 4.79 Å². The van der Waals surface area contributed by atoms with E-state index in [1.807, 2.05) is 38.1 Å². The molecule has 0 bridgehead atoms. The summed E-state index contributed by atoms with van der Waals surface area (Å²) < 4.78 is 5.04. The van der Waals surface area contributed by atoms with Gasteiger partial charge in [0.25, 0.3) is 0 Å². The molecule has 0 saturated heterocycles. The molecule has 1 amide bonds. The molecule has 1 aromatic carbocycles. The normalized spacial score (nSPS) is 11.0. The molecule has 2 rings (SSSR count). The van der Waals surface area contributed by atoms with Gasteiger partial charge in [0.05, 0.1) is 25.2 Å². The minimum absolute atomic E-state index is 0.0145. The van der Waals surface area contributed by atoms with Crippen LogP contribution >= 0.6 is 0 Å². The lowest BCUT2D eigenvalue weighted by Crippen LogP contribution is -2.37. The Morgan fingerprint density at radius 2 is 2.00 bits per heavy atom. The predicted octanol–water partition coefficient (Wildman–Crippen LogP) is 1.86.